The third-order valence-electron chi connectivity index (χ3n) is 4.09. The van der Waals surface area contributed by atoms with E-state index in [1.54, 1.807) is 6.20 Å². The van der Waals surface area contributed by atoms with Gasteiger partial charge >= 0.3 is 0 Å². The third-order valence-corrected chi connectivity index (χ3v) is 4.09. The van der Waals surface area contributed by atoms with Crippen LogP contribution in [0.1, 0.15) is 35.4 Å². The van der Waals surface area contributed by atoms with Gasteiger partial charge in [-0.25, -0.2) is 9.97 Å². The van der Waals surface area contributed by atoms with Crippen LogP contribution in [0.15, 0.2) is 18.5 Å². The van der Waals surface area contributed by atoms with Gasteiger partial charge in [-0.15, -0.1) is 0 Å². The summed E-state index contributed by atoms with van der Waals surface area (Å²) in [6, 6.07) is 2.75. The van der Waals surface area contributed by atoms with Crippen LogP contribution in [-0.4, -0.2) is 27.5 Å². The molecule has 0 unspecified atom stereocenters. The summed E-state index contributed by atoms with van der Waals surface area (Å²) in [6.45, 7) is 7.24. The first-order valence-electron chi connectivity index (χ1n) is 7.63. The number of pyridine rings is 1. The SMILES string of the molecule is Cc1ccncc1-c1nc(C)c(CCNC2CC2)c(C)n1. The summed E-state index contributed by atoms with van der Waals surface area (Å²) in [4.78, 5) is 13.6. The molecule has 0 aliphatic heterocycles. The van der Waals surface area contributed by atoms with Gasteiger partial charge in [0.1, 0.15) is 0 Å². The number of aryl methyl sites for hydroxylation is 3. The van der Waals surface area contributed by atoms with Crippen molar-refractivity contribution in [3.8, 4) is 11.4 Å². The fraction of sp³-hybridized carbons (Fsp3) is 0.471. The summed E-state index contributed by atoms with van der Waals surface area (Å²) in [6.07, 6.45) is 7.30. The zero-order valence-electron chi connectivity index (χ0n) is 13.0. The maximum Gasteiger partial charge on any atom is 0.161 e. The second-order valence-corrected chi connectivity index (χ2v) is 5.87. The molecule has 0 saturated heterocycles. The zero-order valence-corrected chi connectivity index (χ0v) is 13.0. The van der Waals surface area contributed by atoms with Crippen LogP contribution >= 0.6 is 0 Å². The van der Waals surface area contributed by atoms with Gasteiger partial charge in [-0.2, -0.15) is 0 Å². The van der Waals surface area contributed by atoms with E-state index in [9.17, 15) is 0 Å². The lowest BCUT2D eigenvalue weighted by Gasteiger charge is -2.12. The maximum atomic E-state index is 4.70. The van der Waals surface area contributed by atoms with Crippen molar-refractivity contribution in [2.45, 2.75) is 46.1 Å². The third kappa shape index (κ3) is 3.27. The lowest BCUT2D eigenvalue weighted by atomic mass is 10.1. The van der Waals surface area contributed by atoms with E-state index in [1.165, 1.54) is 18.4 Å². The minimum atomic E-state index is 0.754. The average Bonchev–Trinajstić information content (AvgIpc) is 3.26. The monoisotopic (exact) mass is 282 g/mol. The first kappa shape index (κ1) is 14.1. The Morgan fingerprint density at radius 2 is 1.86 bits per heavy atom. The Morgan fingerprint density at radius 1 is 1.14 bits per heavy atom. The minimum absolute atomic E-state index is 0.754. The van der Waals surface area contributed by atoms with Crippen molar-refractivity contribution >= 4 is 0 Å². The molecule has 0 bridgehead atoms. The molecule has 0 aromatic carbocycles. The average molecular weight is 282 g/mol. The van der Waals surface area contributed by atoms with E-state index >= 15 is 0 Å². The molecule has 2 aromatic heterocycles. The molecular weight excluding hydrogens is 260 g/mol. The highest BCUT2D eigenvalue weighted by Crippen LogP contribution is 2.22. The van der Waals surface area contributed by atoms with Gasteiger partial charge < -0.3 is 5.32 Å². The standard InChI is InChI=1S/C17H22N4/c1-11-6-8-18-10-16(11)17-20-12(2)15(13(3)21-17)7-9-19-14-4-5-14/h6,8,10,14,19H,4-5,7,9H2,1-3H3. The van der Waals surface area contributed by atoms with E-state index in [4.69, 9.17) is 9.97 Å². The van der Waals surface area contributed by atoms with Crippen molar-refractivity contribution in [3.05, 3.63) is 41.0 Å². The lowest BCUT2D eigenvalue weighted by Crippen LogP contribution is -2.20. The van der Waals surface area contributed by atoms with Crippen LogP contribution in [0.4, 0.5) is 0 Å². The van der Waals surface area contributed by atoms with Gasteiger partial charge in [-0.1, -0.05) is 0 Å². The number of nitrogens with one attached hydrogen (secondary N) is 1. The van der Waals surface area contributed by atoms with Gasteiger partial charge in [-0.3, -0.25) is 4.98 Å². The Morgan fingerprint density at radius 3 is 2.48 bits per heavy atom. The summed E-state index contributed by atoms with van der Waals surface area (Å²) >= 11 is 0. The molecule has 1 aliphatic rings. The predicted molar refractivity (Wildman–Crippen MR) is 84.2 cm³/mol. The molecule has 2 aromatic rings. The van der Waals surface area contributed by atoms with E-state index in [0.717, 1.165) is 47.3 Å². The molecule has 0 radical (unpaired) electrons. The molecular formula is C17H22N4. The van der Waals surface area contributed by atoms with Gasteiger partial charge in [0.2, 0.25) is 0 Å². The summed E-state index contributed by atoms with van der Waals surface area (Å²) in [5.41, 5.74) is 5.61. The molecule has 0 spiro atoms. The molecule has 0 atom stereocenters. The zero-order chi connectivity index (χ0) is 14.8. The molecule has 0 amide bonds. The van der Waals surface area contributed by atoms with E-state index in [0.29, 0.717) is 0 Å². The second-order valence-electron chi connectivity index (χ2n) is 5.87. The van der Waals surface area contributed by atoms with Crippen molar-refractivity contribution in [2.75, 3.05) is 6.54 Å². The van der Waals surface area contributed by atoms with Gasteiger partial charge in [0.15, 0.2) is 5.82 Å². The van der Waals surface area contributed by atoms with Crippen LogP contribution in [-0.2, 0) is 6.42 Å². The van der Waals surface area contributed by atoms with E-state index in [-0.39, 0.29) is 0 Å². The van der Waals surface area contributed by atoms with Crippen molar-refractivity contribution in [1.29, 1.82) is 0 Å². The summed E-state index contributed by atoms with van der Waals surface area (Å²) in [7, 11) is 0. The fourth-order valence-electron chi connectivity index (χ4n) is 2.61. The topological polar surface area (TPSA) is 50.7 Å². The van der Waals surface area contributed by atoms with Crippen LogP contribution in [0.5, 0.6) is 0 Å². The van der Waals surface area contributed by atoms with Crippen LogP contribution in [0, 0.1) is 20.8 Å². The number of hydrogen-bond donors (Lipinski definition) is 1. The molecule has 110 valence electrons. The molecule has 4 heteroatoms. The molecule has 2 heterocycles. The first-order chi connectivity index (χ1) is 10.1. The Balaban J connectivity index is 1.83. The highest BCUT2D eigenvalue weighted by atomic mass is 14.9. The van der Waals surface area contributed by atoms with Crippen molar-refractivity contribution in [3.63, 3.8) is 0 Å². The largest absolute Gasteiger partial charge is 0.314 e. The Kier molecular flexibility index (Phi) is 3.97. The number of nitrogens with zero attached hydrogens (tertiary/aromatic N) is 3. The highest BCUT2D eigenvalue weighted by molar-refractivity contribution is 5.58. The Hall–Kier alpha value is -1.81. The van der Waals surface area contributed by atoms with Gasteiger partial charge in [0.05, 0.1) is 0 Å². The highest BCUT2D eigenvalue weighted by Gasteiger charge is 2.20. The summed E-state index contributed by atoms with van der Waals surface area (Å²) in [5.74, 6) is 0.787. The molecule has 1 aliphatic carbocycles. The molecule has 1 N–H and O–H groups in total. The van der Waals surface area contributed by atoms with E-state index in [2.05, 4.69) is 31.1 Å². The van der Waals surface area contributed by atoms with Crippen molar-refractivity contribution in [1.82, 2.24) is 20.3 Å². The number of hydrogen-bond acceptors (Lipinski definition) is 4. The van der Waals surface area contributed by atoms with Crippen LogP contribution < -0.4 is 5.32 Å². The molecule has 21 heavy (non-hydrogen) atoms. The van der Waals surface area contributed by atoms with Crippen LogP contribution in [0.25, 0.3) is 11.4 Å². The van der Waals surface area contributed by atoms with Crippen LogP contribution in [0.2, 0.25) is 0 Å². The van der Waals surface area contributed by atoms with Crippen molar-refractivity contribution < 1.29 is 0 Å². The molecule has 1 saturated carbocycles. The van der Waals surface area contributed by atoms with Crippen LogP contribution in [0.3, 0.4) is 0 Å². The quantitative estimate of drug-likeness (QED) is 0.916. The smallest absolute Gasteiger partial charge is 0.161 e. The Labute approximate surface area is 126 Å². The summed E-state index contributed by atoms with van der Waals surface area (Å²) in [5, 5.41) is 3.55. The van der Waals surface area contributed by atoms with E-state index < -0.39 is 0 Å². The Bertz CT molecular complexity index is 624. The molecule has 4 nitrogen and oxygen atoms in total. The second kappa shape index (κ2) is 5.90. The maximum absolute atomic E-state index is 4.70. The first-order valence-corrected chi connectivity index (χ1v) is 7.63. The van der Waals surface area contributed by atoms with Gasteiger partial charge in [0, 0.05) is 35.4 Å². The molecule has 3 rings (SSSR count). The minimum Gasteiger partial charge on any atom is -0.314 e. The van der Waals surface area contributed by atoms with Gasteiger partial charge in [0.25, 0.3) is 0 Å². The summed E-state index contributed by atoms with van der Waals surface area (Å²) < 4.78 is 0. The normalized spacial score (nSPS) is 14.4. The lowest BCUT2D eigenvalue weighted by molar-refractivity contribution is 0.675. The van der Waals surface area contributed by atoms with Gasteiger partial charge in [-0.05, 0) is 63.8 Å². The predicted octanol–water partition coefficient (Wildman–Crippen LogP) is 2.76. The fourth-order valence-corrected chi connectivity index (χ4v) is 2.61. The van der Waals surface area contributed by atoms with Crippen molar-refractivity contribution in [2.24, 2.45) is 0 Å². The number of rotatable bonds is 5. The molecule has 1 fully saturated rings. The number of aromatic nitrogens is 3. The van der Waals surface area contributed by atoms with E-state index in [1.807, 2.05) is 12.3 Å².